The van der Waals surface area contributed by atoms with Gasteiger partial charge < -0.3 is 15.1 Å². The molecule has 1 aliphatic carbocycles. The van der Waals surface area contributed by atoms with E-state index >= 15 is 0 Å². The quantitative estimate of drug-likeness (QED) is 0.801. The molecule has 1 aliphatic heterocycles. The van der Waals surface area contributed by atoms with Crippen molar-refractivity contribution in [2.75, 3.05) is 32.1 Å². The highest BCUT2D eigenvalue weighted by molar-refractivity contribution is 5.95. The van der Waals surface area contributed by atoms with Crippen molar-refractivity contribution >= 4 is 17.5 Å². The maximum Gasteiger partial charge on any atom is 0.253 e. The van der Waals surface area contributed by atoms with Gasteiger partial charge in [-0.3, -0.25) is 14.6 Å². The Balaban J connectivity index is 1.34. The van der Waals surface area contributed by atoms with Gasteiger partial charge in [0, 0.05) is 63.3 Å². The summed E-state index contributed by atoms with van der Waals surface area (Å²) in [6.07, 6.45) is 6.87. The number of amides is 2. The van der Waals surface area contributed by atoms with Crippen LogP contribution in [0.5, 0.6) is 0 Å². The predicted octanol–water partition coefficient (Wildman–Crippen LogP) is 2.75. The highest BCUT2D eigenvalue weighted by Gasteiger charge is 2.44. The molecule has 30 heavy (non-hydrogen) atoms. The molecule has 2 unspecified atom stereocenters. The van der Waals surface area contributed by atoms with Crippen molar-refractivity contribution in [3.05, 3.63) is 59.9 Å². The van der Waals surface area contributed by atoms with Crippen LogP contribution in [0.2, 0.25) is 0 Å². The number of rotatable bonds is 6. The van der Waals surface area contributed by atoms with Crippen LogP contribution in [-0.4, -0.2) is 54.9 Å². The Morgan fingerprint density at radius 3 is 2.47 bits per heavy atom. The highest BCUT2D eigenvalue weighted by Crippen LogP contribution is 2.37. The molecule has 1 saturated heterocycles. The van der Waals surface area contributed by atoms with Gasteiger partial charge in [0.15, 0.2) is 0 Å². The van der Waals surface area contributed by atoms with Crippen LogP contribution in [0.4, 0.5) is 5.69 Å². The van der Waals surface area contributed by atoms with Crippen molar-refractivity contribution in [3.63, 3.8) is 0 Å². The number of anilines is 1. The topological polar surface area (TPSA) is 65.5 Å². The fourth-order valence-electron chi connectivity index (χ4n) is 4.79. The largest absolute Gasteiger partial charge is 0.378 e. The second kappa shape index (κ2) is 8.86. The monoisotopic (exact) mass is 406 g/mol. The summed E-state index contributed by atoms with van der Waals surface area (Å²) in [5.74, 6) is 0.884. The zero-order valence-electron chi connectivity index (χ0n) is 17.8. The molecule has 2 aromatic rings. The number of hydrogen-bond donors (Lipinski definition) is 1. The van der Waals surface area contributed by atoms with Crippen molar-refractivity contribution in [1.82, 2.24) is 15.2 Å². The minimum absolute atomic E-state index is 0.0954. The summed E-state index contributed by atoms with van der Waals surface area (Å²) < 4.78 is 0. The van der Waals surface area contributed by atoms with Gasteiger partial charge in [-0.1, -0.05) is 6.07 Å². The van der Waals surface area contributed by atoms with Crippen molar-refractivity contribution in [2.45, 2.75) is 31.7 Å². The molecule has 2 fully saturated rings. The number of hydrogen-bond acceptors (Lipinski definition) is 4. The Labute approximate surface area is 178 Å². The SMILES string of the molecule is CN(C)c1cccc(C(=O)N2CC3CCC(C2)C3NC(=O)CCc2ccncc2)c1. The van der Waals surface area contributed by atoms with Gasteiger partial charge in [-0.2, -0.15) is 0 Å². The number of nitrogens with zero attached hydrogens (tertiary/aromatic N) is 3. The molecule has 1 saturated carbocycles. The summed E-state index contributed by atoms with van der Waals surface area (Å²) in [6.45, 7) is 1.44. The van der Waals surface area contributed by atoms with Crippen LogP contribution in [0.15, 0.2) is 48.8 Å². The normalized spacial score (nSPS) is 22.6. The second-order valence-corrected chi connectivity index (χ2v) is 8.70. The first-order valence-electron chi connectivity index (χ1n) is 10.8. The molecule has 1 aromatic carbocycles. The molecule has 2 bridgehead atoms. The number of piperidine rings is 1. The average molecular weight is 407 g/mol. The summed E-state index contributed by atoms with van der Waals surface area (Å²) in [5.41, 5.74) is 2.89. The number of aromatic nitrogens is 1. The summed E-state index contributed by atoms with van der Waals surface area (Å²) >= 11 is 0. The van der Waals surface area contributed by atoms with E-state index in [0.29, 0.717) is 18.3 Å². The number of pyridine rings is 1. The second-order valence-electron chi connectivity index (χ2n) is 8.70. The number of carbonyl (C=O) groups excluding carboxylic acids is 2. The third kappa shape index (κ3) is 4.48. The van der Waals surface area contributed by atoms with Crippen LogP contribution in [0, 0.1) is 11.8 Å². The van der Waals surface area contributed by atoms with Crippen LogP contribution in [-0.2, 0) is 11.2 Å². The molecular formula is C24H30N4O2. The average Bonchev–Trinajstić information content (AvgIpc) is 2.98. The van der Waals surface area contributed by atoms with E-state index in [9.17, 15) is 9.59 Å². The van der Waals surface area contributed by atoms with E-state index in [4.69, 9.17) is 0 Å². The van der Waals surface area contributed by atoms with Gasteiger partial charge in [-0.15, -0.1) is 0 Å². The third-order valence-electron chi connectivity index (χ3n) is 6.45. The molecule has 1 aromatic heterocycles. The maximum atomic E-state index is 13.1. The Morgan fingerprint density at radius 2 is 1.80 bits per heavy atom. The van der Waals surface area contributed by atoms with Crippen molar-refractivity contribution < 1.29 is 9.59 Å². The summed E-state index contributed by atoms with van der Waals surface area (Å²) in [6, 6.07) is 11.9. The highest BCUT2D eigenvalue weighted by atomic mass is 16.2. The lowest BCUT2D eigenvalue weighted by molar-refractivity contribution is -0.122. The molecule has 0 radical (unpaired) electrons. The van der Waals surface area contributed by atoms with Crippen molar-refractivity contribution in [2.24, 2.45) is 11.8 Å². The first-order valence-corrected chi connectivity index (χ1v) is 10.8. The standard InChI is InChI=1S/C24H30N4O2/c1-27(2)21-5-3-4-18(14-21)24(30)28-15-19-7-8-20(16-28)23(19)26-22(29)9-6-17-10-12-25-13-11-17/h3-5,10-14,19-20,23H,6-9,15-16H2,1-2H3,(H,26,29). The van der Waals surface area contributed by atoms with Crippen molar-refractivity contribution in [1.29, 1.82) is 0 Å². The molecular weight excluding hydrogens is 376 g/mol. The zero-order chi connectivity index (χ0) is 21.1. The molecule has 6 nitrogen and oxygen atoms in total. The summed E-state index contributed by atoms with van der Waals surface area (Å²) in [4.78, 5) is 33.6. The minimum Gasteiger partial charge on any atom is -0.378 e. The van der Waals surface area contributed by atoms with Crippen LogP contribution in [0.3, 0.4) is 0 Å². The molecule has 1 N–H and O–H groups in total. The van der Waals surface area contributed by atoms with E-state index in [1.165, 1.54) is 0 Å². The lowest BCUT2D eigenvalue weighted by Crippen LogP contribution is -2.54. The van der Waals surface area contributed by atoms with Crippen LogP contribution in [0.25, 0.3) is 0 Å². The lowest BCUT2D eigenvalue weighted by atomic mass is 9.91. The first-order chi connectivity index (χ1) is 14.5. The molecule has 158 valence electrons. The van der Waals surface area contributed by atoms with Gasteiger partial charge in [0.2, 0.25) is 5.91 Å². The van der Waals surface area contributed by atoms with Gasteiger partial charge in [0.05, 0.1) is 0 Å². The fraction of sp³-hybridized carbons (Fsp3) is 0.458. The number of likely N-dealkylation sites (tertiary alicyclic amines) is 1. The number of benzene rings is 1. The van der Waals surface area contributed by atoms with Gasteiger partial charge in [-0.25, -0.2) is 0 Å². The summed E-state index contributed by atoms with van der Waals surface area (Å²) in [5, 5.41) is 3.28. The molecule has 0 spiro atoms. The van der Waals surface area contributed by atoms with Gasteiger partial charge in [0.25, 0.3) is 5.91 Å². The minimum atomic E-state index is 0.0954. The number of aryl methyl sites for hydroxylation is 1. The molecule has 2 heterocycles. The molecule has 2 atom stereocenters. The smallest absolute Gasteiger partial charge is 0.253 e. The van der Waals surface area contributed by atoms with E-state index in [0.717, 1.165) is 49.2 Å². The Bertz CT molecular complexity index is 885. The third-order valence-corrected chi connectivity index (χ3v) is 6.45. The van der Waals surface area contributed by atoms with Crippen molar-refractivity contribution in [3.8, 4) is 0 Å². The van der Waals surface area contributed by atoms with E-state index in [2.05, 4.69) is 10.3 Å². The summed E-state index contributed by atoms with van der Waals surface area (Å²) in [7, 11) is 3.96. The first kappa shape index (κ1) is 20.4. The number of nitrogens with one attached hydrogen (secondary N) is 1. The fourth-order valence-corrected chi connectivity index (χ4v) is 4.79. The molecule has 6 heteroatoms. The van der Waals surface area contributed by atoms with E-state index < -0.39 is 0 Å². The predicted molar refractivity (Wildman–Crippen MR) is 117 cm³/mol. The number of fused-ring (bicyclic) bond motifs is 2. The van der Waals surface area contributed by atoms with Crippen LogP contribution in [0.1, 0.15) is 35.2 Å². The van der Waals surface area contributed by atoms with E-state index in [-0.39, 0.29) is 17.9 Å². The van der Waals surface area contributed by atoms with Crippen LogP contribution >= 0.6 is 0 Å². The van der Waals surface area contributed by atoms with Crippen LogP contribution < -0.4 is 10.2 Å². The Kier molecular flexibility index (Phi) is 6.02. The van der Waals surface area contributed by atoms with Gasteiger partial charge in [-0.05, 0) is 67.0 Å². The zero-order valence-corrected chi connectivity index (χ0v) is 17.8. The van der Waals surface area contributed by atoms with Gasteiger partial charge in [0.1, 0.15) is 0 Å². The van der Waals surface area contributed by atoms with E-state index in [1.54, 1.807) is 12.4 Å². The Morgan fingerprint density at radius 1 is 1.10 bits per heavy atom. The maximum absolute atomic E-state index is 13.1. The van der Waals surface area contributed by atoms with E-state index in [1.807, 2.05) is 60.3 Å². The molecule has 2 amide bonds. The Hall–Kier alpha value is -2.89. The molecule has 2 aliphatic rings. The lowest BCUT2D eigenvalue weighted by Gasteiger charge is -2.38. The van der Waals surface area contributed by atoms with Gasteiger partial charge >= 0.3 is 0 Å². The molecule has 4 rings (SSSR count). The number of carbonyl (C=O) groups is 2.